The van der Waals surface area contributed by atoms with Gasteiger partial charge in [0.15, 0.2) is 0 Å². The van der Waals surface area contributed by atoms with Gasteiger partial charge in [-0.1, -0.05) is 90.6 Å². The molecule has 0 amide bonds. The van der Waals surface area contributed by atoms with E-state index in [1.807, 2.05) is 42.5 Å². The number of rotatable bonds is 12. The number of alkyl halides is 9. The Morgan fingerprint density at radius 2 is 0.907 bits per heavy atom. The molecule has 0 N–H and O–H groups in total. The second-order valence-corrected chi connectivity index (χ2v) is 17.3. The molecule has 5 aromatic carbocycles. The van der Waals surface area contributed by atoms with Gasteiger partial charge in [-0.15, -0.1) is 0 Å². The van der Waals surface area contributed by atoms with Crippen LogP contribution in [0.1, 0.15) is 11.1 Å². The fourth-order valence-electron chi connectivity index (χ4n) is 5.59. The van der Waals surface area contributed by atoms with E-state index in [1.54, 1.807) is 12.1 Å². The van der Waals surface area contributed by atoms with E-state index >= 15 is 8.78 Å². The zero-order valence-corrected chi connectivity index (χ0v) is 29.8. The van der Waals surface area contributed by atoms with Crippen molar-refractivity contribution in [3.05, 3.63) is 151 Å². The van der Waals surface area contributed by atoms with Crippen molar-refractivity contribution in [1.29, 1.82) is 0 Å². The summed E-state index contributed by atoms with van der Waals surface area (Å²) in [7, 11) is -11.5. The molecule has 0 atom stereocenters. The Balaban J connectivity index is 1.47. The molecular formula is C37H27F9O5S3. The lowest BCUT2D eigenvalue weighted by atomic mass is 9.97. The molecule has 1 aliphatic heterocycles. The van der Waals surface area contributed by atoms with Gasteiger partial charge in [0.05, 0.1) is 13.2 Å². The van der Waals surface area contributed by atoms with Gasteiger partial charge in [-0.2, -0.15) is 47.9 Å². The summed E-state index contributed by atoms with van der Waals surface area (Å²) in [6.45, 7) is 0.303. The largest absolute Gasteiger partial charge is 0.460 e. The van der Waals surface area contributed by atoms with Crippen LogP contribution in [0.4, 0.5) is 39.5 Å². The zero-order chi connectivity index (χ0) is 39.0. The monoisotopic (exact) mass is 818 g/mol. The van der Waals surface area contributed by atoms with Gasteiger partial charge < -0.3 is 9.47 Å². The molecule has 5 aromatic rings. The summed E-state index contributed by atoms with van der Waals surface area (Å²) in [5.74, 6) is -16.5. The Hall–Kier alpha value is -4.00. The molecule has 0 bridgehead atoms. The van der Waals surface area contributed by atoms with Crippen LogP contribution in [0, 0.1) is 0 Å². The number of benzene rings is 5. The SMILES string of the molecule is O=S(=O)(OS(c1ccccc1)(c1ccccc1)c1ccc(C2(c3ccc(Sc4ccccc4)cc3)OCCO2)cc1)C(F)(F)C(F)(F)C(F)(F)C(F)(F)F. The molecule has 1 aliphatic rings. The molecule has 1 heterocycles. The van der Waals surface area contributed by atoms with E-state index in [1.165, 1.54) is 96.7 Å². The maximum atomic E-state index is 15.3. The second kappa shape index (κ2) is 14.6. The Morgan fingerprint density at radius 3 is 1.35 bits per heavy atom. The van der Waals surface area contributed by atoms with Crippen LogP contribution in [0.5, 0.6) is 0 Å². The maximum Gasteiger partial charge on any atom is 0.460 e. The van der Waals surface area contributed by atoms with Gasteiger partial charge >= 0.3 is 33.4 Å². The molecule has 0 unspecified atom stereocenters. The molecule has 6 rings (SSSR count). The number of hydrogen-bond donors (Lipinski definition) is 0. The molecule has 54 heavy (non-hydrogen) atoms. The number of hydrogen-bond acceptors (Lipinski definition) is 6. The van der Waals surface area contributed by atoms with Gasteiger partial charge in [0.1, 0.15) is 0 Å². The highest BCUT2D eigenvalue weighted by molar-refractivity contribution is 8.33. The fraction of sp³-hybridized carbons (Fsp3) is 0.189. The molecular weight excluding hydrogens is 792 g/mol. The molecule has 0 spiro atoms. The van der Waals surface area contributed by atoms with Crippen LogP contribution >= 0.6 is 22.1 Å². The third-order valence-corrected chi connectivity index (χ3v) is 14.5. The first-order valence-corrected chi connectivity index (χ1v) is 19.5. The van der Waals surface area contributed by atoms with Crippen LogP contribution < -0.4 is 0 Å². The lowest BCUT2D eigenvalue weighted by Gasteiger charge is -2.41. The van der Waals surface area contributed by atoms with Crippen molar-refractivity contribution in [3.8, 4) is 0 Å². The van der Waals surface area contributed by atoms with E-state index in [-0.39, 0.29) is 27.9 Å². The molecule has 17 heteroatoms. The van der Waals surface area contributed by atoms with E-state index in [4.69, 9.17) is 13.1 Å². The minimum Gasteiger partial charge on any atom is -0.340 e. The summed E-state index contributed by atoms with van der Waals surface area (Å²) >= 11 is 1.50. The van der Waals surface area contributed by atoms with Crippen LogP contribution in [-0.4, -0.2) is 44.9 Å². The molecule has 0 saturated carbocycles. The van der Waals surface area contributed by atoms with E-state index in [9.17, 15) is 39.2 Å². The van der Waals surface area contributed by atoms with Crippen molar-refractivity contribution in [2.24, 2.45) is 0 Å². The standard InChI is InChI=1S/C37H27F9O5S3/c38-34(39,36(42,43)44)35(40,41)37(45,46)54(47,48)51-53(30-12-6-2-7-13-30,31-14-8-3-9-15-31)32-22-18-27(19-23-32)33(49-24-25-50-33)26-16-20-29(21-17-26)52-28-10-4-1-5-11-28/h1-23H,24-25H2. The Morgan fingerprint density at radius 1 is 0.519 bits per heavy atom. The predicted molar refractivity (Wildman–Crippen MR) is 182 cm³/mol. The molecule has 0 radical (unpaired) electrons. The summed E-state index contributed by atoms with van der Waals surface area (Å²) in [4.78, 5) is 1.23. The highest BCUT2D eigenvalue weighted by Crippen LogP contribution is 2.71. The summed E-state index contributed by atoms with van der Waals surface area (Å²) < 4.78 is 170. The van der Waals surface area contributed by atoms with Gasteiger partial charge in [-0.25, -0.2) is 3.63 Å². The Kier molecular flexibility index (Phi) is 10.7. The highest BCUT2D eigenvalue weighted by Gasteiger charge is 2.86. The van der Waals surface area contributed by atoms with Crippen molar-refractivity contribution in [3.63, 3.8) is 0 Å². The van der Waals surface area contributed by atoms with Crippen LogP contribution in [0.15, 0.2) is 164 Å². The summed E-state index contributed by atoms with van der Waals surface area (Å²) in [6.07, 6.45) is -7.25. The van der Waals surface area contributed by atoms with Gasteiger partial charge in [0.2, 0.25) is 5.79 Å². The maximum absolute atomic E-state index is 15.3. The highest BCUT2D eigenvalue weighted by atomic mass is 32.3. The smallest absolute Gasteiger partial charge is 0.340 e. The first-order chi connectivity index (χ1) is 25.4. The molecule has 1 fully saturated rings. The lowest BCUT2D eigenvalue weighted by molar-refractivity contribution is -0.382. The van der Waals surface area contributed by atoms with E-state index in [0.717, 1.165) is 9.79 Å². The average molecular weight is 819 g/mol. The first kappa shape index (κ1) is 39.7. The summed E-state index contributed by atoms with van der Waals surface area (Å²) in [5, 5.41) is -7.10. The van der Waals surface area contributed by atoms with Gasteiger partial charge in [-0.05, 0) is 71.0 Å². The van der Waals surface area contributed by atoms with Crippen molar-refractivity contribution in [2.45, 2.75) is 53.5 Å². The van der Waals surface area contributed by atoms with Gasteiger partial charge in [0, 0.05) is 35.6 Å². The quantitative estimate of drug-likeness (QED) is 0.117. The molecule has 286 valence electrons. The number of ether oxygens (including phenoxy) is 2. The van der Waals surface area contributed by atoms with E-state index in [0.29, 0.717) is 11.1 Å². The molecule has 1 saturated heterocycles. The Labute approximate surface area is 309 Å². The van der Waals surface area contributed by atoms with Crippen molar-refractivity contribution < 1.29 is 61.0 Å². The number of halogens is 9. The normalized spacial score (nSPS) is 15.9. The average Bonchev–Trinajstić information content (AvgIpc) is 3.66. The topological polar surface area (TPSA) is 61.8 Å². The van der Waals surface area contributed by atoms with Crippen molar-refractivity contribution in [2.75, 3.05) is 13.2 Å². The minimum absolute atomic E-state index is 0.151. The second-order valence-electron chi connectivity index (χ2n) is 11.6. The predicted octanol–water partition coefficient (Wildman–Crippen LogP) is 11.1. The van der Waals surface area contributed by atoms with Crippen LogP contribution in [0.3, 0.4) is 0 Å². The third kappa shape index (κ3) is 6.79. The molecule has 0 aliphatic carbocycles. The zero-order valence-electron chi connectivity index (χ0n) is 27.4. The van der Waals surface area contributed by atoms with Gasteiger partial charge in [-0.3, -0.25) is 0 Å². The van der Waals surface area contributed by atoms with Gasteiger partial charge in [0.25, 0.3) is 0 Å². The van der Waals surface area contributed by atoms with Crippen LogP contribution in [-0.2, 0) is 29.0 Å². The molecule has 5 nitrogen and oxygen atoms in total. The van der Waals surface area contributed by atoms with Crippen LogP contribution in [0.25, 0.3) is 0 Å². The minimum atomic E-state index is -7.50. The third-order valence-electron chi connectivity index (χ3n) is 8.25. The molecule has 0 aromatic heterocycles. The van der Waals surface area contributed by atoms with Crippen molar-refractivity contribution in [1.82, 2.24) is 0 Å². The van der Waals surface area contributed by atoms with E-state index in [2.05, 4.69) is 0 Å². The summed E-state index contributed by atoms with van der Waals surface area (Å²) in [6, 6.07) is 35.1. The fourth-order valence-corrected chi connectivity index (χ4v) is 11.6. The van der Waals surface area contributed by atoms with Crippen LogP contribution in [0.2, 0.25) is 0 Å². The summed E-state index contributed by atoms with van der Waals surface area (Å²) in [5.41, 5.74) is 0.868. The lowest BCUT2D eigenvalue weighted by Crippen LogP contribution is -2.63. The van der Waals surface area contributed by atoms with E-state index < -0.39 is 49.5 Å². The Bertz CT molecular complexity index is 2110. The van der Waals surface area contributed by atoms with Crippen molar-refractivity contribution >= 4 is 32.2 Å². The first-order valence-electron chi connectivity index (χ1n) is 15.7.